The number of aliphatic hydroxyl groups is 1. The van der Waals surface area contributed by atoms with Gasteiger partial charge in [-0.15, -0.1) is 5.10 Å². The summed E-state index contributed by atoms with van der Waals surface area (Å²) < 4.78 is 1.87. The summed E-state index contributed by atoms with van der Waals surface area (Å²) in [5, 5.41) is 19.8. The second-order valence-electron chi connectivity index (χ2n) is 9.87. The SMILES string of the molecule is O=C(C1C=CC(C2CC=c3nnn(Cc4ccc5ncccc5c4)c3=N2)=CC1)N1CCN(CCO)CC1. The Kier molecular flexibility index (Phi) is 6.63. The number of rotatable bonds is 6. The molecule has 9 nitrogen and oxygen atoms in total. The molecule has 2 atom stereocenters. The van der Waals surface area contributed by atoms with E-state index in [-0.39, 0.29) is 24.5 Å². The largest absolute Gasteiger partial charge is 0.395 e. The standard InChI is InChI=1S/C28H31N7O2/c36-17-16-33-12-14-34(15-13-33)28(37)22-6-4-21(5-7-22)25-9-10-26-27(30-25)35(32-31-26)19-20-3-8-24-23(18-20)2-1-11-29-24/h1-6,8,10-11,18,22,25,36H,7,9,12-17,19H2. The van der Waals surface area contributed by atoms with Gasteiger partial charge in [0, 0.05) is 44.3 Å². The second-order valence-corrected chi connectivity index (χ2v) is 9.87. The molecule has 1 N–H and O–H groups in total. The lowest BCUT2D eigenvalue weighted by atomic mass is 9.90. The van der Waals surface area contributed by atoms with Gasteiger partial charge in [-0.05, 0) is 42.2 Å². The number of fused-ring (bicyclic) bond motifs is 2. The fraction of sp³-hybridized carbons (Fsp3) is 0.393. The Morgan fingerprint density at radius 3 is 2.78 bits per heavy atom. The number of aromatic nitrogens is 4. The third-order valence-corrected chi connectivity index (χ3v) is 7.48. The lowest BCUT2D eigenvalue weighted by Gasteiger charge is -2.36. The molecule has 4 heterocycles. The van der Waals surface area contributed by atoms with Crippen molar-refractivity contribution in [2.75, 3.05) is 39.3 Å². The summed E-state index contributed by atoms with van der Waals surface area (Å²) in [6.45, 7) is 4.52. The van der Waals surface area contributed by atoms with Crippen LogP contribution in [-0.4, -0.2) is 86.2 Å². The van der Waals surface area contributed by atoms with Crippen LogP contribution in [0.2, 0.25) is 0 Å². The van der Waals surface area contributed by atoms with Crippen LogP contribution < -0.4 is 10.8 Å². The monoisotopic (exact) mass is 497 g/mol. The first-order valence-corrected chi connectivity index (χ1v) is 13.0. The molecule has 2 unspecified atom stereocenters. The molecule has 0 bridgehead atoms. The third kappa shape index (κ3) is 4.97. The summed E-state index contributed by atoms with van der Waals surface area (Å²) in [5.74, 6) is 0.0725. The van der Waals surface area contributed by atoms with Crippen LogP contribution >= 0.6 is 0 Å². The molecule has 3 aromatic rings. The Balaban J connectivity index is 1.13. The Bertz CT molecular complexity index is 1480. The van der Waals surface area contributed by atoms with Crippen LogP contribution in [0.5, 0.6) is 0 Å². The number of piperazine rings is 1. The van der Waals surface area contributed by atoms with E-state index in [1.165, 1.54) is 0 Å². The summed E-state index contributed by atoms with van der Waals surface area (Å²) in [4.78, 5) is 26.6. The number of hydrogen-bond donors (Lipinski definition) is 1. The molecular formula is C28H31N7O2. The van der Waals surface area contributed by atoms with E-state index in [4.69, 9.17) is 10.1 Å². The molecule has 9 heteroatoms. The van der Waals surface area contributed by atoms with E-state index in [9.17, 15) is 4.79 Å². The number of aliphatic hydroxyl groups excluding tert-OH is 1. The first-order valence-electron chi connectivity index (χ1n) is 13.0. The zero-order valence-electron chi connectivity index (χ0n) is 20.8. The summed E-state index contributed by atoms with van der Waals surface area (Å²) >= 11 is 0. The highest BCUT2D eigenvalue weighted by Gasteiger charge is 2.27. The Labute approximate surface area is 215 Å². The van der Waals surface area contributed by atoms with Crippen LogP contribution in [0.15, 0.2) is 65.3 Å². The average molecular weight is 498 g/mol. The minimum absolute atomic E-state index is 0.000109. The number of hydrogen-bond acceptors (Lipinski definition) is 7. The van der Waals surface area contributed by atoms with Gasteiger partial charge in [0.05, 0.1) is 30.6 Å². The van der Waals surface area contributed by atoms with Gasteiger partial charge in [-0.3, -0.25) is 19.7 Å². The molecule has 1 saturated heterocycles. The maximum absolute atomic E-state index is 13.1. The van der Waals surface area contributed by atoms with Gasteiger partial charge in [0.2, 0.25) is 5.91 Å². The third-order valence-electron chi connectivity index (χ3n) is 7.48. The fourth-order valence-electron chi connectivity index (χ4n) is 5.36. The molecule has 2 aromatic heterocycles. The Hall–Kier alpha value is -3.69. The van der Waals surface area contributed by atoms with Crippen molar-refractivity contribution in [2.45, 2.75) is 25.4 Å². The number of carbonyl (C=O) groups is 1. The van der Waals surface area contributed by atoms with Crippen LogP contribution in [0.3, 0.4) is 0 Å². The van der Waals surface area contributed by atoms with Crippen molar-refractivity contribution in [3.63, 3.8) is 0 Å². The molecule has 0 spiro atoms. The van der Waals surface area contributed by atoms with Crippen molar-refractivity contribution >= 4 is 22.9 Å². The second kappa shape index (κ2) is 10.4. The lowest BCUT2D eigenvalue weighted by molar-refractivity contribution is -0.135. The zero-order valence-corrected chi connectivity index (χ0v) is 20.8. The van der Waals surface area contributed by atoms with Gasteiger partial charge in [0.1, 0.15) is 5.35 Å². The molecule has 1 amide bonds. The number of amides is 1. The predicted octanol–water partition coefficient (Wildman–Crippen LogP) is 0.686. The molecule has 3 aliphatic rings. The van der Waals surface area contributed by atoms with E-state index in [1.807, 2.05) is 27.8 Å². The van der Waals surface area contributed by atoms with Gasteiger partial charge in [-0.2, -0.15) is 0 Å². The average Bonchev–Trinajstić information content (AvgIpc) is 3.35. The van der Waals surface area contributed by atoms with Crippen LogP contribution in [-0.2, 0) is 11.3 Å². The van der Waals surface area contributed by atoms with E-state index < -0.39 is 0 Å². The van der Waals surface area contributed by atoms with Gasteiger partial charge in [0.25, 0.3) is 0 Å². The Morgan fingerprint density at radius 1 is 1.08 bits per heavy atom. The van der Waals surface area contributed by atoms with Crippen LogP contribution in [0.4, 0.5) is 0 Å². The number of nitrogens with zero attached hydrogens (tertiary/aromatic N) is 7. The van der Waals surface area contributed by atoms with Gasteiger partial charge < -0.3 is 10.0 Å². The topological polar surface area (TPSA) is 99.7 Å². The van der Waals surface area contributed by atoms with E-state index in [0.29, 0.717) is 19.5 Å². The van der Waals surface area contributed by atoms with Crippen molar-refractivity contribution in [3.05, 3.63) is 76.7 Å². The highest BCUT2D eigenvalue weighted by Crippen LogP contribution is 2.24. The van der Waals surface area contributed by atoms with E-state index in [0.717, 1.165) is 65.5 Å². The first kappa shape index (κ1) is 23.7. The summed E-state index contributed by atoms with van der Waals surface area (Å²) in [6, 6.07) is 10.2. The van der Waals surface area contributed by atoms with Gasteiger partial charge in [-0.1, -0.05) is 41.7 Å². The quantitative estimate of drug-likeness (QED) is 0.538. The Morgan fingerprint density at radius 2 is 1.97 bits per heavy atom. The molecular weight excluding hydrogens is 466 g/mol. The van der Waals surface area contributed by atoms with Crippen molar-refractivity contribution in [1.29, 1.82) is 0 Å². The highest BCUT2D eigenvalue weighted by atomic mass is 16.3. The van der Waals surface area contributed by atoms with E-state index >= 15 is 0 Å². The molecule has 0 saturated carbocycles. The van der Waals surface area contributed by atoms with Crippen molar-refractivity contribution in [3.8, 4) is 0 Å². The van der Waals surface area contributed by atoms with Crippen LogP contribution in [0.1, 0.15) is 18.4 Å². The van der Waals surface area contributed by atoms with Crippen molar-refractivity contribution < 1.29 is 9.90 Å². The smallest absolute Gasteiger partial charge is 0.229 e. The molecule has 6 rings (SSSR count). The van der Waals surface area contributed by atoms with E-state index in [2.05, 4.69) is 56.6 Å². The maximum Gasteiger partial charge on any atom is 0.229 e. The number of benzene rings is 1. The molecule has 2 aliphatic heterocycles. The summed E-state index contributed by atoms with van der Waals surface area (Å²) in [5.41, 5.74) is 4.04. The lowest BCUT2D eigenvalue weighted by Crippen LogP contribution is -2.50. The number of pyridine rings is 1. The van der Waals surface area contributed by atoms with Gasteiger partial charge in [-0.25, -0.2) is 4.68 Å². The molecule has 0 radical (unpaired) electrons. The highest BCUT2D eigenvalue weighted by molar-refractivity contribution is 5.81. The minimum Gasteiger partial charge on any atom is -0.395 e. The van der Waals surface area contributed by atoms with Gasteiger partial charge >= 0.3 is 0 Å². The first-order chi connectivity index (χ1) is 18.2. The van der Waals surface area contributed by atoms with Crippen LogP contribution in [0.25, 0.3) is 17.0 Å². The normalized spacial score (nSPS) is 21.8. The zero-order chi connectivity index (χ0) is 25.2. The molecule has 1 aliphatic carbocycles. The van der Waals surface area contributed by atoms with Crippen molar-refractivity contribution in [1.82, 2.24) is 29.8 Å². The molecule has 37 heavy (non-hydrogen) atoms. The fourth-order valence-corrected chi connectivity index (χ4v) is 5.36. The molecule has 1 fully saturated rings. The maximum atomic E-state index is 13.1. The number of carbonyl (C=O) groups excluding carboxylic acids is 1. The minimum atomic E-state index is -0.120. The predicted molar refractivity (Wildman–Crippen MR) is 140 cm³/mol. The summed E-state index contributed by atoms with van der Waals surface area (Å²) in [6.07, 6.45) is 11.7. The number of allylic oxidation sites excluding steroid dienone is 1. The number of β-amino-alcohol motifs (C(OH)–C–C–N with tert-alkyl or cyclic N) is 1. The van der Waals surface area contributed by atoms with Gasteiger partial charge in [0.15, 0.2) is 5.49 Å². The summed E-state index contributed by atoms with van der Waals surface area (Å²) in [7, 11) is 0. The molecule has 190 valence electrons. The van der Waals surface area contributed by atoms with E-state index in [1.54, 1.807) is 6.20 Å². The van der Waals surface area contributed by atoms with Crippen LogP contribution in [0, 0.1) is 5.92 Å². The molecule has 1 aromatic carbocycles. The van der Waals surface area contributed by atoms with Crippen molar-refractivity contribution in [2.24, 2.45) is 10.9 Å².